The van der Waals surface area contributed by atoms with E-state index >= 15 is 0 Å². The molecule has 0 saturated carbocycles. The molecule has 1 fully saturated rings. The van der Waals surface area contributed by atoms with Gasteiger partial charge < -0.3 is 10.4 Å². The van der Waals surface area contributed by atoms with Gasteiger partial charge in [0.25, 0.3) is 0 Å². The number of piperidine rings is 1. The van der Waals surface area contributed by atoms with E-state index in [9.17, 15) is 18.3 Å². The lowest BCUT2D eigenvalue weighted by Crippen LogP contribution is -2.47. The second-order valence-electron chi connectivity index (χ2n) is 6.73. The summed E-state index contributed by atoms with van der Waals surface area (Å²) < 4.78 is 38.2. The largest absolute Gasteiger partial charge is 0.416 e. The van der Waals surface area contributed by atoms with Crippen LogP contribution in [-0.2, 0) is 11.8 Å². The van der Waals surface area contributed by atoms with Crippen LogP contribution in [0.25, 0.3) is 0 Å². The van der Waals surface area contributed by atoms with Crippen LogP contribution in [0.1, 0.15) is 48.3 Å². The van der Waals surface area contributed by atoms with Crippen molar-refractivity contribution >= 4 is 0 Å². The minimum Gasteiger partial charge on any atom is -0.385 e. The van der Waals surface area contributed by atoms with Crippen molar-refractivity contribution < 1.29 is 18.3 Å². The number of aryl methyl sites for hydroxylation is 1. The fraction of sp³-hybridized carbons (Fsp3) is 0.444. The highest BCUT2D eigenvalue weighted by Crippen LogP contribution is 2.40. The molecule has 0 aliphatic carbocycles. The highest BCUT2D eigenvalue weighted by molar-refractivity contribution is 5.30. The van der Waals surface area contributed by atoms with Crippen molar-refractivity contribution in [1.29, 1.82) is 0 Å². The molecule has 4 nitrogen and oxygen atoms in total. The van der Waals surface area contributed by atoms with E-state index in [1.807, 2.05) is 26.0 Å². The third kappa shape index (κ3) is 3.82. The monoisotopic (exact) mass is 351 g/mol. The van der Waals surface area contributed by atoms with Crippen LogP contribution in [0.2, 0.25) is 0 Å². The van der Waals surface area contributed by atoms with E-state index in [-0.39, 0.29) is 12.1 Å². The molecule has 0 bridgehead atoms. The Labute approximate surface area is 144 Å². The van der Waals surface area contributed by atoms with Gasteiger partial charge in [0.15, 0.2) is 0 Å². The van der Waals surface area contributed by atoms with Gasteiger partial charge in [0.05, 0.1) is 28.6 Å². The Balaban J connectivity index is 1.87. The molecular weight excluding hydrogens is 331 g/mol. The zero-order valence-corrected chi connectivity index (χ0v) is 14.0. The molecule has 1 unspecified atom stereocenters. The molecule has 0 spiro atoms. The van der Waals surface area contributed by atoms with Gasteiger partial charge in [0, 0.05) is 12.5 Å². The zero-order valence-electron chi connectivity index (χ0n) is 14.0. The Bertz CT molecular complexity index is 731. The lowest BCUT2D eigenvalue weighted by Gasteiger charge is -2.41. The number of benzene rings is 1. The SMILES string of the molecule is Cc1ccc([C@@H]2CC(O)(c3ccc(C(F)(F)F)cc3)C[C@H](C)N2)nn1. The Morgan fingerprint density at radius 3 is 2.32 bits per heavy atom. The van der Waals surface area contributed by atoms with Gasteiger partial charge in [-0.05, 0) is 50.1 Å². The van der Waals surface area contributed by atoms with E-state index in [0.717, 1.165) is 17.8 Å². The summed E-state index contributed by atoms with van der Waals surface area (Å²) in [4.78, 5) is 0. The maximum Gasteiger partial charge on any atom is 0.416 e. The van der Waals surface area contributed by atoms with Crippen molar-refractivity contribution in [2.24, 2.45) is 0 Å². The summed E-state index contributed by atoms with van der Waals surface area (Å²) in [6.07, 6.45) is -3.66. The predicted octanol–water partition coefficient (Wildman–Crippen LogP) is 3.50. The topological polar surface area (TPSA) is 58.0 Å². The van der Waals surface area contributed by atoms with Gasteiger partial charge in [0.2, 0.25) is 0 Å². The summed E-state index contributed by atoms with van der Waals surface area (Å²) >= 11 is 0. The standard InChI is InChI=1S/C18H20F3N3O/c1-11-3-8-15(24-23-11)16-10-17(25,9-12(2)22-16)13-4-6-14(7-5-13)18(19,20)21/h3-8,12,16,22,25H,9-10H2,1-2H3/t12-,16-,17?/m0/s1. The highest BCUT2D eigenvalue weighted by Gasteiger charge is 2.40. The number of alkyl halides is 3. The first kappa shape index (κ1) is 17.8. The molecule has 0 radical (unpaired) electrons. The third-order valence-corrected chi connectivity index (χ3v) is 4.60. The zero-order chi connectivity index (χ0) is 18.2. The molecule has 25 heavy (non-hydrogen) atoms. The van der Waals surface area contributed by atoms with Gasteiger partial charge in [-0.1, -0.05) is 12.1 Å². The Hall–Kier alpha value is -1.99. The number of nitrogens with one attached hydrogen (secondary N) is 1. The normalized spacial score (nSPS) is 27.3. The van der Waals surface area contributed by atoms with Crippen molar-refractivity contribution in [3.63, 3.8) is 0 Å². The second kappa shape index (κ2) is 6.38. The van der Waals surface area contributed by atoms with Crippen LogP contribution in [0.5, 0.6) is 0 Å². The maximum atomic E-state index is 12.7. The first-order chi connectivity index (χ1) is 11.7. The first-order valence-corrected chi connectivity index (χ1v) is 8.14. The van der Waals surface area contributed by atoms with E-state index in [4.69, 9.17) is 0 Å². The average molecular weight is 351 g/mol. The lowest BCUT2D eigenvalue weighted by molar-refractivity contribution is -0.137. The smallest absolute Gasteiger partial charge is 0.385 e. The number of nitrogens with zero attached hydrogens (tertiary/aromatic N) is 2. The van der Waals surface area contributed by atoms with Gasteiger partial charge in [-0.2, -0.15) is 23.4 Å². The van der Waals surface area contributed by atoms with Crippen molar-refractivity contribution in [2.75, 3.05) is 0 Å². The number of rotatable bonds is 2. The van der Waals surface area contributed by atoms with Gasteiger partial charge in [-0.15, -0.1) is 0 Å². The van der Waals surface area contributed by atoms with E-state index in [2.05, 4.69) is 15.5 Å². The highest BCUT2D eigenvalue weighted by atomic mass is 19.4. The molecule has 2 N–H and O–H groups in total. The minimum atomic E-state index is -4.39. The molecule has 1 saturated heterocycles. The van der Waals surface area contributed by atoms with Crippen LogP contribution in [-0.4, -0.2) is 21.3 Å². The average Bonchev–Trinajstić information content (AvgIpc) is 2.54. The fourth-order valence-corrected chi connectivity index (χ4v) is 3.38. The van der Waals surface area contributed by atoms with Crippen molar-refractivity contribution in [3.05, 3.63) is 58.9 Å². The third-order valence-electron chi connectivity index (χ3n) is 4.60. The van der Waals surface area contributed by atoms with Crippen LogP contribution in [0, 0.1) is 6.92 Å². The summed E-state index contributed by atoms with van der Waals surface area (Å²) in [6, 6.07) is 8.21. The van der Waals surface area contributed by atoms with E-state index < -0.39 is 17.3 Å². The molecule has 3 rings (SSSR count). The quantitative estimate of drug-likeness (QED) is 0.869. The van der Waals surface area contributed by atoms with Crippen LogP contribution >= 0.6 is 0 Å². The number of aliphatic hydroxyl groups is 1. The maximum absolute atomic E-state index is 12.7. The Morgan fingerprint density at radius 1 is 1.08 bits per heavy atom. The van der Waals surface area contributed by atoms with Crippen molar-refractivity contribution in [3.8, 4) is 0 Å². The first-order valence-electron chi connectivity index (χ1n) is 8.14. The van der Waals surface area contributed by atoms with Gasteiger partial charge in [-0.25, -0.2) is 0 Å². The number of aromatic nitrogens is 2. The fourth-order valence-electron chi connectivity index (χ4n) is 3.38. The summed E-state index contributed by atoms with van der Waals surface area (Å²) in [7, 11) is 0. The van der Waals surface area contributed by atoms with Gasteiger partial charge in [0.1, 0.15) is 0 Å². The molecule has 1 aliphatic rings. The van der Waals surface area contributed by atoms with Crippen molar-refractivity contribution in [2.45, 2.75) is 50.6 Å². The van der Waals surface area contributed by atoms with Crippen LogP contribution in [0.4, 0.5) is 13.2 Å². The van der Waals surface area contributed by atoms with Crippen molar-refractivity contribution in [1.82, 2.24) is 15.5 Å². The van der Waals surface area contributed by atoms with Crippen LogP contribution in [0.15, 0.2) is 36.4 Å². The molecular formula is C18H20F3N3O. The number of hydrogen-bond acceptors (Lipinski definition) is 4. The molecule has 2 aromatic rings. The molecule has 1 aromatic carbocycles. The number of hydrogen-bond donors (Lipinski definition) is 2. The predicted molar refractivity (Wildman–Crippen MR) is 86.7 cm³/mol. The van der Waals surface area contributed by atoms with Gasteiger partial charge >= 0.3 is 6.18 Å². The molecule has 7 heteroatoms. The second-order valence-corrected chi connectivity index (χ2v) is 6.73. The molecule has 0 amide bonds. The van der Waals surface area contributed by atoms with Crippen LogP contribution < -0.4 is 5.32 Å². The molecule has 1 aromatic heterocycles. The summed E-state index contributed by atoms with van der Waals surface area (Å²) in [5, 5.41) is 22.7. The lowest BCUT2D eigenvalue weighted by atomic mass is 9.78. The molecule has 134 valence electrons. The molecule has 2 heterocycles. The molecule has 3 atom stereocenters. The summed E-state index contributed by atoms with van der Waals surface area (Å²) in [6.45, 7) is 3.77. The molecule has 1 aliphatic heterocycles. The van der Waals surface area contributed by atoms with E-state index in [1.54, 1.807) is 0 Å². The summed E-state index contributed by atoms with van der Waals surface area (Å²) in [5.74, 6) is 0. The Kier molecular flexibility index (Phi) is 4.55. The Morgan fingerprint density at radius 2 is 1.76 bits per heavy atom. The minimum absolute atomic E-state index is 0.0193. The summed E-state index contributed by atoms with van der Waals surface area (Å²) in [5.41, 5.74) is 0.0567. The van der Waals surface area contributed by atoms with Crippen LogP contribution in [0.3, 0.4) is 0 Å². The number of halogens is 3. The van der Waals surface area contributed by atoms with Gasteiger partial charge in [-0.3, -0.25) is 0 Å². The van der Waals surface area contributed by atoms with E-state index in [0.29, 0.717) is 24.1 Å². The van der Waals surface area contributed by atoms with E-state index in [1.165, 1.54) is 12.1 Å².